The maximum atomic E-state index is 10.8. The summed E-state index contributed by atoms with van der Waals surface area (Å²) in [6.45, 7) is 0. The molecule has 11 heavy (non-hydrogen) atoms. The molecule has 0 unspecified atom stereocenters. The van der Waals surface area contributed by atoms with Crippen LogP contribution in [0.5, 0.6) is 0 Å². The Morgan fingerprint density at radius 1 is 1.64 bits per heavy atom. The summed E-state index contributed by atoms with van der Waals surface area (Å²) < 4.78 is 0. The molecular formula is C7H5NaO2S. The molecule has 0 aromatic carbocycles. The van der Waals surface area contributed by atoms with E-state index in [4.69, 9.17) is 0 Å². The second-order valence-corrected chi connectivity index (χ2v) is 2.46. The number of carbonyl (C=O) groups is 1. The molecule has 0 fully saturated rings. The predicted molar refractivity (Wildman–Crippen MR) is 37.8 cm³/mol. The van der Waals surface area contributed by atoms with Crippen molar-refractivity contribution in [3.8, 4) is 0 Å². The van der Waals surface area contributed by atoms with Gasteiger partial charge in [0.2, 0.25) is 0 Å². The first-order valence-corrected chi connectivity index (χ1v) is 3.64. The minimum Gasteiger partial charge on any atom is -0.878 e. The van der Waals surface area contributed by atoms with Crippen LogP contribution in [-0.2, 0) is 0 Å². The Morgan fingerprint density at radius 3 is 2.82 bits per heavy atom. The van der Waals surface area contributed by atoms with Gasteiger partial charge in [0.05, 0.1) is 0 Å². The standard InChI is InChI=1S/C7H6O2S.Na/c8-3-1-7(9)6-2-4-10-5-6;/h1-5,8H;/q;+1/p-1. The van der Waals surface area contributed by atoms with Gasteiger partial charge in [-0.25, -0.2) is 0 Å². The van der Waals surface area contributed by atoms with Crippen molar-refractivity contribution in [1.82, 2.24) is 0 Å². The van der Waals surface area contributed by atoms with E-state index in [2.05, 4.69) is 0 Å². The molecule has 0 amide bonds. The Bertz CT molecular complexity index is 241. The summed E-state index contributed by atoms with van der Waals surface area (Å²) in [4.78, 5) is 10.8. The fourth-order valence-electron chi connectivity index (χ4n) is 0.563. The van der Waals surface area contributed by atoms with Gasteiger partial charge in [-0.1, -0.05) is 0 Å². The third-order valence-corrected chi connectivity index (χ3v) is 1.71. The van der Waals surface area contributed by atoms with E-state index >= 15 is 0 Å². The first-order chi connectivity index (χ1) is 4.84. The molecule has 0 aliphatic rings. The Hall–Kier alpha value is -0.0900. The minimum atomic E-state index is -0.226. The monoisotopic (exact) mass is 176 g/mol. The molecule has 0 spiro atoms. The van der Waals surface area contributed by atoms with Gasteiger partial charge in [0.25, 0.3) is 0 Å². The van der Waals surface area contributed by atoms with Crippen molar-refractivity contribution in [2.45, 2.75) is 0 Å². The maximum Gasteiger partial charge on any atom is 1.00 e. The molecule has 2 nitrogen and oxygen atoms in total. The largest absolute Gasteiger partial charge is 1.00 e. The van der Waals surface area contributed by atoms with E-state index in [9.17, 15) is 9.90 Å². The second-order valence-electron chi connectivity index (χ2n) is 1.68. The van der Waals surface area contributed by atoms with Crippen molar-refractivity contribution in [2.75, 3.05) is 0 Å². The number of rotatable bonds is 2. The quantitative estimate of drug-likeness (QED) is 0.222. The summed E-state index contributed by atoms with van der Waals surface area (Å²) in [6.07, 6.45) is 1.52. The van der Waals surface area contributed by atoms with E-state index < -0.39 is 0 Å². The van der Waals surface area contributed by atoms with Gasteiger partial charge >= 0.3 is 29.6 Å². The molecule has 0 N–H and O–H groups in total. The summed E-state index contributed by atoms with van der Waals surface area (Å²) in [5, 5.41) is 13.3. The zero-order valence-corrected chi connectivity index (χ0v) is 8.93. The summed E-state index contributed by atoms with van der Waals surface area (Å²) in [6, 6.07) is 1.69. The van der Waals surface area contributed by atoms with Crippen LogP contribution in [0, 0.1) is 0 Å². The van der Waals surface area contributed by atoms with Crippen molar-refractivity contribution in [3.63, 3.8) is 0 Å². The van der Waals surface area contributed by atoms with Crippen LogP contribution in [0.4, 0.5) is 0 Å². The summed E-state index contributed by atoms with van der Waals surface area (Å²) in [5.74, 6) is -0.226. The summed E-state index contributed by atoms with van der Waals surface area (Å²) >= 11 is 1.44. The van der Waals surface area contributed by atoms with Crippen LogP contribution in [0.2, 0.25) is 0 Å². The molecular weight excluding hydrogens is 171 g/mol. The zero-order valence-electron chi connectivity index (χ0n) is 6.11. The van der Waals surface area contributed by atoms with Gasteiger partial charge in [-0.05, 0) is 17.5 Å². The Labute approximate surface area is 90.8 Å². The molecule has 0 atom stereocenters. The molecule has 0 aliphatic carbocycles. The number of allylic oxidation sites excluding steroid dienone is 1. The van der Waals surface area contributed by atoms with E-state index in [-0.39, 0.29) is 35.3 Å². The number of hydrogen-bond donors (Lipinski definition) is 0. The van der Waals surface area contributed by atoms with E-state index in [1.165, 1.54) is 11.3 Å². The Balaban J connectivity index is 0.000001000. The third kappa shape index (κ3) is 3.20. The van der Waals surface area contributed by atoms with Crippen LogP contribution in [0.1, 0.15) is 10.4 Å². The number of ketones is 1. The van der Waals surface area contributed by atoms with Crippen LogP contribution in [-0.4, -0.2) is 5.78 Å². The topological polar surface area (TPSA) is 40.1 Å². The van der Waals surface area contributed by atoms with Gasteiger partial charge < -0.3 is 5.11 Å². The molecule has 52 valence electrons. The molecule has 0 saturated carbocycles. The molecule has 1 aromatic rings. The Morgan fingerprint density at radius 2 is 2.36 bits per heavy atom. The van der Waals surface area contributed by atoms with Gasteiger partial charge in [0.1, 0.15) is 0 Å². The molecule has 0 saturated heterocycles. The molecule has 1 rings (SSSR count). The van der Waals surface area contributed by atoms with Crippen molar-refractivity contribution in [3.05, 3.63) is 34.7 Å². The zero-order chi connectivity index (χ0) is 7.40. The van der Waals surface area contributed by atoms with E-state index in [1.807, 2.05) is 0 Å². The van der Waals surface area contributed by atoms with Crippen LogP contribution in [0.25, 0.3) is 0 Å². The van der Waals surface area contributed by atoms with Crippen LogP contribution in [0.3, 0.4) is 0 Å². The SMILES string of the molecule is O=C(C=C[O-])c1ccsc1.[Na+]. The fourth-order valence-corrected chi connectivity index (χ4v) is 1.21. The van der Waals surface area contributed by atoms with Crippen molar-refractivity contribution in [2.24, 2.45) is 0 Å². The Kier molecular flexibility index (Phi) is 5.50. The molecule has 4 heteroatoms. The van der Waals surface area contributed by atoms with Crippen molar-refractivity contribution in [1.29, 1.82) is 0 Å². The number of carbonyl (C=O) groups excluding carboxylic acids is 1. The summed E-state index contributed by atoms with van der Waals surface area (Å²) in [7, 11) is 0. The van der Waals surface area contributed by atoms with Gasteiger partial charge in [0, 0.05) is 10.9 Å². The normalized spacial score (nSPS) is 9.45. The first kappa shape index (κ1) is 10.9. The second kappa shape index (κ2) is 5.55. The number of hydrogen-bond acceptors (Lipinski definition) is 3. The fraction of sp³-hybridized carbons (Fsp3) is 0. The predicted octanol–water partition coefficient (Wildman–Crippen LogP) is -2.19. The van der Waals surface area contributed by atoms with Crippen LogP contribution < -0.4 is 34.7 Å². The first-order valence-electron chi connectivity index (χ1n) is 2.69. The number of thiophene rings is 1. The third-order valence-electron chi connectivity index (χ3n) is 1.03. The van der Waals surface area contributed by atoms with E-state index in [0.29, 0.717) is 11.8 Å². The molecule has 1 heterocycles. The average molecular weight is 176 g/mol. The maximum absolute atomic E-state index is 10.8. The van der Waals surface area contributed by atoms with Crippen molar-refractivity contribution >= 4 is 17.1 Å². The van der Waals surface area contributed by atoms with Crippen molar-refractivity contribution < 1.29 is 39.5 Å². The van der Waals surface area contributed by atoms with Gasteiger partial charge in [-0.3, -0.25) is 4.79 Å². The van der Waals surface area contributed by atoms with E-state index in [1.54, 1.807) is 16.8 Å². The molecule has 0 radical (unpaired) electrons. The van der Waals surface area contributed by atoms with Gasteiger partial charge in [0.15, 0.2) is 5.78 Å². The smallest absolute Gasteiger partial charge is 0.878 e. The average Bonchev–Trinajstić information content (AvgIpc) is 2.38. The molecule has 0 aliphatic heterocycles. The van der Waals surface area contributed by atoms with Crippen LogP contribution in [0.15, 0.2) is 29.2 Å². The molecule has 0 bridgehead atoms. The van der Waals surface area contributed by atoms with Gasteiger partial charge in [-0.2, -0.15) is 11.3 Å². The van der Waals surface area contributed by atoms with Gasteiger partial charge in [-0.15, -0.1) is 6.26 Å². The van der Waals surface area contributed by atoms with Crippen LogP contribution >= 0.6 is 11.3 Å². The molecule has 1 aromatic heterocycles. The van der Waals surface area contributed by atoms with E-state index in [0.717, 1.165) is 6.08 Å². The minimum absolute atomic E-state index is 0. The summed E-state index contributed by atoms with van der Waals surface area (Å²) in [5.41, 5.74) is 0.581.